The van der Waals surface area contributed by atoms with Crippen LogP contribution >= 0.6 is 7.37 Å². The molecular formula is C7H14NO2P. The van der Waals surface area contributed by atoms with E-state index in [1.54, 1.807) is 20.6 Å². The molecule has 0 aliphatic carbocycles. The van der Waals surface area contributed by atoms with Crippen LogP contribution in [0.2, 0.25) is 0 Å². The minimum absolute atomic E-state index is 0.431. The summed E-state index contributed by atoms with van der Waals surface area (Å²) < 4.78 is 16.6. The number of aliphatic imine (C=N–C) groups is 1. The van der Waals surface area contributed by atoms with Crippen molar-refractivity contribution in [2.24, 2.45) is 4.99 Å². The van der Waals surface area contributed by atoms with Gasteiger partial charge >= 0.3 is 0 Å². The van der Waals surface area contributed by atoms with Crippen molar-refractivity contribution in [3.63, 3.8) is 0 Å². The van der Waals surface area contributed by atoms with Crippen molar-refractivity contribution >= 4 is 12.8 Å². The summed E-state index contributed by atoms with van der Waals surface area (Å²) in [6, 6.07) is 0. The van der Waals surface area contributed by atoms with Crippen LogP contribution in [0.25, 0.3) is 0 Å². The molecule has 0 saturated heterocycles. The Bertz CT molecular complexity index is 210. The Balaban J connectivity index is 4.52. The topological polar surface area (TPSA) is 38.7 Å². The molecule has 0 spiro atoms. The molecule has 0 heterocycles. The number of nitrogens with zero attached hydrogens (tertiary/aromatic N) is 1. The Morgan fingerprint density at radius 3 is 2.64 bits per heavy atom. The number of hydrogen-bond acceptors (Lipinski definition) is 3. The summed E-state index contributed by atoms with van der Waals surface area (Å²) in [5.74, 6) is 0. The van der Waals surface area contributed by atoms with Crippen LogP contribution in [-0.2, 0) is 9.09 Å². The van der Waals surface area contributed by atoms with Gasteiger partial charge in [0, 0.05) is 13.7 Å². The largest absolute Gasteiger partial charge is 0.325 e. The molecule has 1 atom stereocenters. The van der Waals surface area contributed by atoms with Gasteiger partial charge in [0.2, 0.25) is 7.37 Å². The lowest BCUT2D eigenvalue weighted by molar-refractivity contribution is 0.347. The normalized spacial score (nSPS) is 17.5. The molecule has 3 nitrogen and oxygen atoms in total. The number of hydrogen-bond donors (Lipinski definition) is 0. The average Bonchev–Trinajstić information content (AvgIpc) is 1.89. The summed E-state index contributed by atoms with van der Waals surface area (Å²) in [5.41, 5.74) is 0.444. The molecule has 0 bridgehead atoms. The highest BCUT2D eigenvalue weighted by molar-refractivity contribution is 7.76. The second-order valence-corrected chi connectivity index (χ2v) is 4.46. The fourth-order valence-electron chi connectivity index (χ4n) is 0.751. The Hall–Kier alpha value is -0.400. The van der Waals surface area contributed by atoms with Gasteiger partial charge in [0.25, 0.3) is 0 Å². The standard InChI is InChI=1S/C7H14NO2P/c1-5-7(8-3)11(4,9)10-6-2/h5H,1,6H2,2-4H3. The third-order valence-corrected chi connectivity index (χ3v) is 3.17. The third kappa shape index (κ3) is 3.00. The second kappa shape index (κ2) is 4.47. The van der Waals surface area contributed by atoms with Gasteiger partial charge in [0.1, 0.15) is 5.45 Å². The predicted octanol–water partition coefficient (Wildman–Crippen LogP) is 2.15. The molecule has 0 fully saturated rings. The van der Waals surface area contributed by atoms with Gasteiger partial charge in [0.05, 0.1) is 6.61 Å². The van der Waals surface area contributed by atoms with E-state index in [1.807, 2.05) is 0 Å². The maximum absolute atomic E-state index is 11.6. The predicted molar refractivity (Wildman–Crippen MR) is 48.7 cm³/mol. The van der Waals surface area contributed by atoms with Gasteiger partial charge in [-0.2, -0.15) is 0 Å². The van der Waals surface area contributed by atoms with Crippen molar-refractivity contribution in [3.8, 4) is 0 Å². The van der Waals surface area contributed by atoms with Crippen LogP contribution in [0.5, 0.6) is 0 Å². The molecule has 64 valence electrons. The zero-order valence-corrected chi connectivity index (χ0v) is 8.10. The van der Waals surface area contributed by atoms with Gasteiger partial charge in [-0.25, -0.2) is 0 Å². The number of rotatable bonds is 4. The molecular weight excluding hydrogens is 161 g/mol. The quantitative estimate of drug-likeness (QED) is 0.485. The van der Waals surface area contributed by atoms with Crippen molar-refractivity contribution in [1.29, 1.82) is 0 Å². The van der Waals surface area contributed by atoms with Gasteiger partial charge in [-0.05, 0) is 13.0 Å². The maximum atomic E-state index is 11.6. The van der Waals surface area contributed by atoms with Crippen LogP contribution in [0.3, 0.4) is 0 Å². The minimum atomic E-state index is -2.67. The van der Waals surface area contributed by atoms with Crippen LogP contribution < -0.4 is 0 Å². The SMILES string of the molecule is C=CC(=NC)P(C)(=O)OCC. The lowest BCUT2D eigenvalue weighted by atomic mass is 10.7. The van der Waals surface area contributed by atoms with Crippen LogP contribution in [0.1, 0.15) is 6.92 Å². The molecule has 4 heteroatoms. The van der Waals surface area contributed by atoms with Crippen molar-refractivity contribution < 1.29 is 9.09 Å². The van der Waals surface area contributed by atoms with Gasteiger partial charge < -0.3 is 4.52 Å². The monoisotopic (exact) mass is 175 g/mol. The van der Waals surface area contributed by atoms with E-state index in [0.29, 0.717) is 12.1 Å². The molecule has 1 unspecified atom stereocenters. The summed E-state index contributed by atoms with van der Waals surface area (Å²) in [6.07, 6.45) is 1.47. The van der Waals surface area contributed by atoms with Crippen molar-refractivity contribution in [2.75, 3.05) is 20.3 Å². The molecule has 0 aromatic rings. The Morgan fingerprint density at radius 1 is 1.82 bits per heavy atom. The molecule has 0 N–H and O–H groups in total. The summed E-state index contributed by atoms with van der Waals surface area (Å²) in [7, 11) is -1.10. The first kappa shape index (κ1) is 10.6. The highest BCUT2D eigenvalue weighted by Crippen LogP contribution is 2.44. The van der Waals surface area contributed by atoms with E-state index in [-0.39, 0.29) is 0 Å². The van der Waals surface area contributed by atoms with E-state index in [2.05, 4.69) is 11.6 Å². The highest BCUT2D eigenvalue weighted by Gasteiger charge is 2.19. The average molecular weight is 175 g/mol. The zero-order chi connectivity index (χ0) is 8.91. The summed E-state index contributed by atoms with van der Waals surface area (Å²) in [6.45, 7) is 7.27. The third-order valence-electron chi connectivity index (χ3n) is 1.20. The second-order valence-electron chi connectivity index (χ2n) is 2.05. The Kier molecular flexibility index (Phi) is 4.31. The minimum Gasteiger partial charge on any atom is -0.325 e. The fourth-order valence-corrected chi connectivity index (χ4v) is 2.07. The van der Waals surface area contributed by atoms with Crippen LogP contribution in [0, 0.1) is 0 Å². The van der Waals surface area contributed by atoms with Crippen LogP contribution in [0.15, 0.2) is 17.6 Å². The molecule has 0 radical (unpaired) electrons. The lowest BCUT2D eigenvalue weighted by Crippen LogP contribution is -1.98. The van der Waals surface area contributed by atoms with E-state index < -0.39 is 7.37 Å². The van der Waals surface area contributed by atoms with Crippen molar-refractivity contribution in [1.82, 2.24) is 0 Å². The van der Waals surface area contributed by atoms with E-state index >= 15 is 0 Å². The molecule has 0 aliphatic rings. The zero-order valence-electron chi connectivity index (χ0n) is 7.20. The van der Waals surface area contributed by atoms with Gasteiger partial charge in [0.15, 0.2) is 0 Å². The highest BCUT2D eigenvalue weighted by atomic mass is 31.2. The van der Waals surface area contributed by atoms with E-state index in [0.717, 1.165) is 0 Å². The molecule has 0 rings (SSSR count). The Labute approximate surface area is 67.6 Å². The Morgan fingerprint density at radius 2 is 2.36 bits per heavy atom. The summed E-state index contributed by atoms with van der Waals surface area (Å²) >= 11 is 0. The molecule has 0 amide bonds. The molecule has 11 heavy (non-hydrogen) atoms. The number of allylic oxidation sites excluding steroid dienone is 1. The molecule has 0 saturated carbocycles. The van der Waals surface area contributed by atoms with Crippen LogP contribution in [0.4, 0.5) is 0 Å². The first-order valence-corrected chi connectivity index (χ1v) is 5.47. The summed E-state index contributed by atoms with van der Waals surface area (Å²) in [4.78, 5) is 3.81. The van der Waals surface area contributed by atoms with Crippen molar-refractivity contribution in [2.45, 2.75) is 6.92 Å². The van der Waals surface area contributed by atoms with E-state index in [1.165, 1.54) is 6.08 Å². The molecule has 0 aromatic heterocycles. The van der Waals surface area contributed by atoms with Gasteiger partial charge in [-0.1, -0.05) is 6.58 Å². The lowest BCUT2D eigenvalue weighted by Gasteiger charge is -2.11. The van der Waals surface area contributed by atoms with Gasteiger partial charge in [-0.3, -0.25) is 9.56 Å². The fraction of sp³-hybridized carbons (Fsp3) is 0.571. The van der Waals surface area contributed by atoms with E-state index in [4.69, 9.17) is 4.52 Å². The smallest absolute Gasteiger partial charge is 0.246 e. The molecule has 0 aliphatic heterocycles. The van der Waals surface area contributed by atoms with E-state index in [9.17, 15) is 4.57 Å². The first-order chi connectivity index (χ1) is 5.08. The molecule has 0 aromatic carbocycles. The maximum Gasteiger partial charge on any atom is 0.246 e. The van der Waals surface area contributed by atoms with Crippen molar-refractivity contribution in [3.05, 3.63) is 12.7 Å². The van der Waals surface area contributed by atoms with Gasteiger partial charge in [-0.15, -0.1) is 0 Å². The van der Waals surface area contributed by atoms with Crippen LogP contribution in [-0.4, -0.2) is 25.8 Å². The first-order valence-electron chi connectivity index (χ1n) is 3.40. The summed E-state index contributed by atoms with van der Waals surface area (Å²) in [5, 5.41) is 0.